The number of nitrogens with zero attached hydrogens (tertiary/aromatic N) is 1. The number of likely N-dealkylation sites (N-methyl/N-ethyl adjacent to an activating group) is 1. The lowest BCUT2D eigenvalue weighted by atomic mass is 10.1. The lowest BCUT2D eigenvalue weighted by molar-refractivity contribution is -0.134. The van der Waals surface area contributed by atoms with Crippen LogP contribution in [0.2, 0.25) is 0 Å². The van der Waals surface area contributed by atoms with Crippen LogP contribution in [0.3, 0.4) is 0 Å². The molecule has 2 rings (SSSR count). The van der Waals surface area contributed by atoms with Crippen molar-refractivity contribution >= 4 is 21.5 Å². The summed E-state index contributed by atoms with van der Waals surface area (Å²) in [5.74, 6) is -0.226. The summed E-state index contributed by atoms with van der Waals surface area (Å²) >= 11 is 0. The normalized spacial score (nSPS) is 13.2. The third-order valence-corrected chi connectivity index (χ3v) is 7.34. The highest BCUT2D eigenvalue weighted by atomic mass is 32.2. The molecule has 0 aliphatic heterocycles. The number of ether oxygens (including phenoxy) is 1. The van der Waals surface area contributed by atoms with Crippen LogP contribution in [0.15, 0.2) is 53.1 Å². The van der Waals surface area contributed by atoms with Gasteiger partial charge < -0.3 is 19.4 Å². The summed E-state index contributed by atoms with van der Waals surface area (Å²) in [5.41, 5.74) is 0. The first-order chi connectivity index (χ1) is 16.7. The van der Waals surface area contributed by atoms with Gasteiger partial charge in [-0.1, -0.05) is 38.0 Å². The Labute approximate surface area is 208 Å². The second-order valence-electron chi connectivity index (χ2n) is 8.82. The molecule has 1 aromatic heterocycles. The smallest absolute Gasteiger partial charge is 0.260 e. The Hall–Kier alpha value is -2.65. The monoisotopic (exact) mass is 506 g/mol. The minimum absolute atomic E-state index is 0.00198. The van der Waals surface area contributed by atoms with Crippen molar-refractivity contribution in [1.82, 2.24) is 10.2 Å². The number of rotatable bonds is 17. The molecular formula is C26H38N2O6S. The van der Waals surface area contributed by atoms with Gasteiger partial charge in [-0.15, -0.1) is 0 Å². The van der Waals surface area contributed by atoms with Crippen LogP contribution in [-0.2, 0) is 25.2 Å². The van der Waals surface area contributed by atoms with E-state index in [9.17, 15) is 18.0 Å². The van der Waals surface area contributed by atoms with Gasteiger partial charge in [0.05, 0.1) is 12.3 Å². The quantitative estimate of drug-likeness (QED) is 0.327. The van der Waals surface area contributed by atoms with E-state index in [1.165, 1.54) is 6.26 Å². The Morgan fingerprint density at radius 3 is 2.49 bits per heavy atom. The van der Waals surface area contributed by atoms with E-state index in [0.29, 0.717) is 24.5 Å². The van der Waals surface area contributed by atoms with Gasteiger partial charge in [-0.25, -0.2) is 8.42 Å². The lowest BCUT2D eigenvalue weighted by Gasteiger charge is -2.25. The molecule has 35 heavy (non-hydrogen) atoms. The zero-order chi connectivity index (χ0) is 25.7. The first-order valence-corrected chi connectivity index (χ1v) is 14.0. The van der Waals surface area contributed by atoms with Gasteiger partial charge in [-0.05, 0) is 57.0 Å². The number of carbonyl (C=O) groups excluding carboxylic acids is 2. The maximum atomic E-state index is 12.8. The van der Waals surface area contributed by atoms with E-state index >= 15 is 0 Å². The highest BCUT2D eigenvalue weighted by molar-refractivity contribution is 7.91. The maximum Gasteiger partial charge on any atom is 0.260 e. The lowest BCUT2D eigenvalue weighted by Crippen LogP contribution is -2.41. The highest BCUT2D eigenvalue weighted by Crippen LogP contribution is 2.12. The average Bonchev–Trinajstić information content (AvgIpc) is 3.33. The van der Waals surface area contributed by atoms with Gasteiger partial charge in [0.15, 0.2) is 22.2 Å². The van der Waals surface area contributed by atoms with Crippen molar-refractivity contribution in [2.24, 2.45) is 0 Å². The minimum Gasteiger partial charge on any atom is -0.484 e. The van der Waals surface area contributed by atoms with Crippen LogP contribution in [0.4, 0.5) is 0 Å². The second-order valence-corrected chi connectivity index (χ2v) is 10.9. The summed E-state index contributed by atoms with van der Waals surface area (Å²) < 4.78 is 35.5. The molecule has 0 spiro atoms. The number of sulfone groups is 1. The van der Waals surface area contributed by atoms with Gasteiger partial charge in [0, 0.05) is 13.1 Å². The molecule has 2 atom stereocenters. The Kier molecular flexibility index (Phi) is 12.0. The van der Waals surface area contributed by atoms with Crippen molar-refractivity contribution in [3.05, 3.63) is 54.5 Å². The molecule has 2 aromatic rings. The molecule has 1 amide bonds. The number of amides is 1. The van der Waals surface area contributed by atoms with Crippen LogP contribution in [0, 0.1) is 0 Å². The topological polar surface area (TPSA) is 106 Å². The standard InChI is InChI=1S/C26H38N2O6S/c1-4-5-15-24(25(29)20-35(31,32)19-23-14-10-17-33-23)27-16-9-11-21(2)28(3)26(30)18-34-22-12-7-6-8-13-22/h6-8,10,12-14,17,21,24,27H,4-5,9,11,15-16,18-20H2,1-3H3. The molecule has 1 N–H and O–H groups in total. The molecule has 8 nitrogen and oxygen atoms in total. The Morgan fingerprint density at radius 1 is 1.09 bits per heavy atom. The number of para-hydroxylation sites is 1. The third-order valence-electron chi connectivity index (χ3n) is 5.89. The van der Waals surface area contributed by atoms with Crippen LogP contribution in [-0.4, -0.2) is 63.0 Å². The maximum absolute atomic E-state index is 12.8. The van der Waals surface area contributed by atoms with Gasteiger partial charge in [-0.2, -0.15) is 0 Å². The predicted octanol–water partition coefficient (Wildman–Crippen LogP) is 3.62. The zero-order valence-electron chi connectivity index (χ0n) is 20.9. The number of furan rings is 1. The van der Waals surface area contributed by atoms with Crippen molar-refractivity contribution in [1.29, 1.82) is 0 Å². The minimum atomic E-state index is -3.60. The number of hydrogen-bond donors (Lipinski definition) is 1. The fraction of sp³-hybridized carbons (Fsp3) is 0.538. The zero-order valence-corrected chi connectivity index (χ0v) is 21.8. The average molecular weight is 507 g/mol. The summed E-state index contributed by atoms with van der Waals surface area (Å²) in [6.45, 7) is 4.54. The molecule has 1 heterocycles. The van der Waals surface area contributed by atoms with Gasteiger partial charge in [0.2, 0.25) is 0 Å². The van der Waals surface area contributed by atoms with E-state index in [4.69, 9.17) is 9.15 Å². The van der Waals surface area contributed by atoms with Crippen LogP contribution in [0.5, 0.6) is 5.75 Å². The molecular weight excluding hydrogens is 468 g/mol. The number of carbonyl (C=O) groups is 2. The SMILES string of the molecule is CCCCC(NCCCC(C)N(C)C(=O)COc1ccccc1)C(=O)CS(=O)(=O)Cc1ccco1. The molecule has 1 aromatic carbocycles. The van der Waals surface area contributed by atoms with Gasteiger partial charge in [-0.3, -0.25) is 9.59 Å². The van der Waals surface area contributed by atoms with E-state index < -0.39 is 21.6 Å². The molecule has 0 aliphatic carbocycles. The van der Waals surface area contributed by atoms with Crippen LogP contribution in [0.1, 0.15) is 51.7 Å². The van der Waals surface area contributed by atoms with Crippen molar-refractivity contribution in [3.8, 4) is 5.75 Å². The van der Waals surface area contributed by atoms with E-state index in [2.05, 4.69) is 5.32 Å². The fourth-order valence-corrected chi connectivity index (χ4v) is 4.98. The second kappa shape index (κ2) is 14.7. The molecule has 0 saturated carbocycles. The molecule has 9 heteroatoms. The largest absolute Gasteiger partial charge is 0.484 e. The number of benzene rings is 1. The number of nitrogens with one attached hydrogen (secondary N) is 1. The number of ketones is 1. The van der Waals surface area contributed by atoms with Crippen molar-refractivity contribution in [2.45, 2.75) is 63.8 Å². The summed E-state index contributed by atoms with van der Waals surface area (Å²) in [7, 11) is -1.85. The molecule has 0 bridgehead atoms. The molecule has 2 unspecified atom stereocenters. The van der Waals surface area contributed by atoms with Crippen LogP contribution >= 0.6 is 0 Å². The van der Waals surface area contributed by atoms with Gasteiger partial charge in [0.25, 0.3) is 5.91 Å². The number of unbranched alkanes of at least 4 members (excludes halogenated alkanes) is 1. The van der Waals surface area contributed by atoms with Crippen molar-refractivity contribution in [2.75, 3.05) is 26.0 Å². The first kappa shape index (κ1) is 28.6. The molecule has 0 fully saturated rings. The van der Waals surface area contributed by atoms with E-state index in [0.717, 1.165) is 25.7 Å². The summed E-state index contributed by atoms with van der Waals surface area (Å²) in [6.07, 6.45) is 5.24. The van der Waals surface area contributed by atoms with Gasteiger partial charge in [0.1, 0.15) is 23.0 Å². The Morgan fingerprint density at radius 2 is 1.83 bits per heavy atom. The van der Waals surface area contributed by atoms with Crippen LogP contribution < -0.4 is 10.1 Å². The Bertz CT molecular complexity index is 992. The highest BCUT2D eigenvalue weighted by Gasteiger charge is 2.25. The van der Waals surface area contributed by atoms with Crippen molar-refractivity contribution < 1.29 is 27.2 Å². The molecule has 194 valence electrons. The number of Topliss-reactive ketones (excluding diaryl/α,β-unsaturated/α-hetero) is 1. The fourth-order valence-electron chi connectivity index (χ4n) is 3.64. The first-order valence-electron chi connectivity index (χ1n) is 12.1. The van der Waals surface area contributed by atoms with E-state index in [1.807, 2.05) is 32.0 Å². The number of hydrogen-bond acceptors (Lipinski definition) is 7. The molecule has 0 aliphatic rings. The third kappa shape index (κ3) is 10.7. The van der Waals surface area contributed by atoms with Crippen LogP contribution in [0.25, 0.3) is 0 Å². The van der Waals surface area contributed by atoms with Gasteiger partial charge >= 0.3 is 0 Å². The van der Waals surface area contributed by atoms with E-state index in [1.54, 1.807) is 36.2 Å². The summed E-state index contributed by atoms with van der Waals surface area (Å²) in [5, 5.41) is 3.24. The van der Waals surface area contributed by atoms with E-state index in [-0.39, 0.29) is 30.1 Å². The molecule has 0 saturated heterocycles. The predicted molar refractivity (Wildman–Crippen MR) is 136 cm³/mol. The van der Waals surface area contributed by atoms with Crippen molar-refractivity contribution in [3.63, 3.8) is 0 Å². The summed E-state index contributed by atoms with van der Waals surface area (Å²) in [4.78, 5) is 26.9. The summed E-state index contributed by atoms with van der Waals surface area (Å²) in [6, 6.07) is 11.9. The molecule has 0 radical (unpaired) electrons. The Balaban J connectivity index is 1.77.